The zero-order valence-electron chi connectivity index (χ0n) is 15.5. The summed E-state index contributed by atoms with van der Waals surface area (Å²) in [6.07, 6.45) is 1.72. The number of rotatable bonds is 5. The second-order valence-electron chi connectivity index (χ2n) is 6.12. The van der Waals surface area contributed by atoms with Crippen molar-refractivity contribution in [1.82, 2.24) is 4.98 Å². The number of nitrogens with zero attached hydrogens (tertiary/aromatic N) is 2. The third-order valence-electron chi connectivity index (χ3n) is 4.05. The van der Waals surface area contributed by atoms with E-state index in [1.54, 1.807) is 6.20 Å². The van der Waals surface area contributed by atoms with E-state index in [2.05, 4.69) is 37.9 Å². The van der Waals surface area contributed by atoms with Gasteiger partial charge in [0.25, 0.3) is 0 Å². The quantitative estimate of drug-likeness (QED) is 0.305. The molecule has 0 saturated carbocycles. The van der Waals surface area contributed by atoms with Gasteiger partial charge in [0.05, 0.1) is 11.9 Å². The summed E-state index contributed by atoms with van der Waals surface area (Å²) in [5.74, 6) is 1.94. The number of aliphatic imine (C=N–C) groups is 1. The first-order valence-electron chi connectivity index (χ1n) is 8.49. The number of aromatic nitrogens is 1. The van der Waals surface area contributed by atoms with Crippen LogP contribution in [0.15, 0.2) is 59.7 Å². The molecule has 0 atom stereocenters. The molecule has 0 saturated heterocycles. The van der Waals surface area contributed by atoms with Crippen LogP contribution in [0.3, 0.4) is 0 Å². The maximum absolute atomic E-state index is 6.27. The van der Waals surface area contributed by atoms with Gasteiger partial charge in [0.2, 0.25) is 0 Å². The number of aryl methyl sites for hydroxylation is 2. The van der Waals surface area contributed by atoms with Gasteiger partial charge in [-0.3, -0.25) is 4.98 Å². The topological polar surface area (TPSA) is 72.5 Å². The summed E-state index contributed by atoms with van der Waals surface area (Å²) in [6.45, 7) is 3.93. The molecule has 0 bridgehead atoms. The van der Waals surface area contributed by atoms with Crippen LogP contribution in [-0.2, 0) is 0 Å². The van der Waals surface area contributed by atoms with E-state index in [-0.39, 0.29) is 0 Å². The fraction of sp³-hybridized carbons (Fsp3) is 0.143. The van der Waals surface area contributed by atoms with E-state index in [4.69, 9.17) is 10.5 Å². The van der Waals surface area contributed by atoms with E-state index in [0.717, 1.165) is 37.5 Å². The van der Waals surface area contributed by atoms with E-state index in [1.165, 1.54) is 0 Å². The Labute approximate surface area is 172 Å². The van der Waals surface area contributed by atoms with Crippen molar-refractivity contribution in [3.05, 3.63) is 75.1 Å². The first-order valence-corrected chi connectivity index (χ1v) is 9.57. The predicted molar refractivity (Wildman–Crippen MR) is 119 cm³/mol. The molecule has 0 radical (unpaired) electrons. The molecule has 138 valence electrons. The molecular formula is C21H21IN4O. The molecule has 0 aliphatic heterocycles. The SMILES string of the molecule is CNc1ccc(I)cc1C(N)=Nc1ccc(Oc2ccc(C)nc2)c(C)c1. The lowest BCUT2D eigenvalue weighted by atomic mass is 10.1. The molecule has 3 aromatic rings. The fourth-order valence-electron chi connectivity index (χ4n) is 2.60. The molecule has 3 N–H and O–H groups in total. The molecule has 0 spiro atoms. The number of amidine groups is 1. The van der Waals surface area contributed by atoms with Crippen LogP contribution < -0.4 is 15.8 Å². The number of pyridine rings is 1. The van der Waals surface area contributed by atoms with Crippen molar-refractivity contribution in [2.75, 3.05) is 12.4 Å². The average Bonchev–Trinajstić information content (AvgIpc) is 2.65. The lowest BCUT2D eigenvalue weighted by Gasteiger charge is -2.11. The van der Waals surface area contributed by atoms with Crippen LogP contribution in [0.4, 0.5) is 11.4 Å². The van der Waals surface area contributed by atoms with Gasteiger partial charge in [-0.25, -0.2) is 4.99 Å². The lowest BCUT2D eigenvalue weighted by Crippen LogP contribution is -2.15. The molecular weight excluding hydrogens is 451 g/mol. The van der Waals surface area contributed by atoms with Crippen LogP contribution in [0.2, 0.25) is 0 Å². The number of hydrogen-bond acceptors (Lipinski definition) is 4. The number of ether oxygens (including phenoxy) is 1. The highest BCUT2D eigenvalue weighted by molar-refractivity contribution is 14.1. The number of benzene rings is 2. The number of nitrogens with two attached hydrogens (primary N) is 1. The maximum Gasteiger partial charge on any atom is 0.145 e. The molecule has 1 aromatic heterocycles. The van der Waals surface area contributed by atoms with Gasteiger partial charge in [0.1, 0.15) is 17.3 Å². The second-order valence-corrected chi connectivity index (χ2v) is 7.37. The lowest BCUT2D eigenvalue weighted by molar-refractivity contribution is 0.476. The van der Waals surface area contributed by atoms with Gasteiger partial charge in [-0.1, -0.05) is 0 Å². The summed E-state index contributed by atoms with van der Waals surface area (Å²) in [5, 5.41) is 3.15. The number of anilines is 1. The van der Waals surface area contributed by atoms with Crippen LogP contribution in [-0.4, -0.2) is 17.9 Å². The van der Waals surface area contributed by atoms with E-state index >= 15 is 0 Å². The van der Waals surface area contributed by atoms with Gasteiger partial charge >= 0.3 is 0 Å². The van der Waals surface area contributed by atoms with Crippen LogP contribution in [0.25, 0.3) is 0 Å². The molecule has 6 heteroatoms. The standard InChI is InChI=1S/C21H21IN4O/c1-13-10-16(6-9-20(13)27-17-7-4-14(2)25-12-17)26-21(23)18-11-15(22)5-8-19(18)24-3/h4-12,24H,1-3H3,(H2,23,26). The van der Waals surface area contributed by atoms with Crippen LogP contribution in [0.1, 0.15) is 16.8 Å². The fourth-order valence-corrected chi connectivity index (χ4v) is 3.10. The third kappa shape index (κ3) is 4.77. The Balaban J connectivity index is 1.86. The molecule has 0 unspecified atom stereocenters. The monoisotopic (exact) mass is 472 g/mol. The summed E-state index contributed by atoms with van der Waals surface area (Å²) in [7, 11) is 1.87. The summed E-state index contributed by atoms with van der Waals surface area (Å²) in [6, 6.07) is 15.6. The molecule has 27 heavy (non-hydrogen) atoms. The highest BCUT2D eigenvalue weighted by Gasteiger charge is 2.08. The Bertz CT molecular complexity index is 984. The molecule has 0 amide bonds. The Hall–Kier alpha value is -2.61. The van der Waals surface area contributed by atoms with E-state index in [0.29, 0.717) is 11.6 Å². The maximum atomic E-state index is 6.27. The van der Waals surface area contributed by atoms with Crippen molar-refractivity contribution in [2.45, 2.75) is 13.8 Å². The van der Waals surface area contributed by atoms with E-state index in [1.807, 2.05) is 69.4 Å². The smallest absolute Gasteiger partial charge is 0.145 e. The minimum Gasteiger partial charge on any atom is -0.455 e. The Kier molecular flexibility index (Phi) is 5.95. The van der Waals surface area contributed by atoms with Gasteiger partial charge in [-0.05, 0) is 90.5 Å². The van der Waals surface area contributed by atoms with Crippen molar-refractivity contribution in [3.8, 4) is 11.5 Å². The number of hydrogen-bond donors (Lipinski definition) is 2. The van der Waals surface area contributed by atoms with Crippen LogP contribution >= 0.6 is 22.6 Å². The Morgan fingerprint density at radius 1 is 1.11 bits per heavy atom. The molecule has 0 aliphatic rings. The Morgan fingerprint density at radius 2 is 1.93 bits per heavy atom. The number of halogens is 1. The van der Waals surface area contributed by atoms with Crippen molar-refractivity contribution < 1.29 is 4.74 Å². The predicted octanol–water partition coefficient (Wildman–Crippen LogP) is 5.17. The molecule has 0 fully saturated rings. The average molecular weight is 472 g/mol. The van der Waals surface area contributed by atoms with Gasteiger partial charge < -0.3 is 15.8 Å². The van der Waals surface area contributed by atoms with Crippen LogP contribution in [0.5, 0.6) is 11.5 Å². The Morgan fingerprint density at radius 3 is 2.59 bits per heavy atom. The van der Waals surface area contributed by atoms with E-state index in [9.17, 15) is 0 Å². The molecule has 1 heterocycles. The molecule has 5 nitrogen and oxygen atoms in total. The van der Waals surface area contributed by atoms with E-state index < -0.39 is 0 Å². The van der Waals surface area contributed by atoms with Crippen molar-refractivity contribution in [2.24, 2.45) is 10.7 Å². The zero-order valence-corrected chi connectivity index (χ0v) is 17.6. The van der Waals surface area contributed by atoms with Crippen molar-refractivity contribution >= 4 is 39.8 Å². The largest absolute Gasteiger partial charge is 0.455 e. The molecule has 2 aromatic carbocycles. The second kappa shape index (κ2) is 8.39. The molecule has 3 rings (SSSR count). The van der Waals surface area contributed by atoms with Crippen LogP contribution in [0, 0.1) is 17.4 Å². The minimum absolute atomic E-state index is 0.466. The summed E-state index contributed by atoms with van der Waals surface area (Å²) < 4.78 is 7.01. The van der Waals surface area contributed by atoms with Crippen molar-refractivity contribution in [1.29, 1.82) is 0 Å². The van der Waals surface area contributed by atoms with Gasteiger partial charge in [0.15, 0.2) is 0 Å². The molecule has 0 aliphatic carbocycles. The summed E-state index contributed by atoms with van der Waals surface area (Å²) >= 11 is 2.26. The van der Waals surface area contributed by atoms with Crippen molar-refractivity contribution in [3.63, 3.8) is 0 Å². The summed E-state index contributed by atoms with van der Waals surface area (Å²) in [4.78, 5) is 8.83. The van der Waals surface area contributed by atoms with Gasteiger partial charge in [0, 0.05) is 27.6 Å². The summed E-state index contributed by atoms with van der Waals surface area (Å²) in [5.41, 5.74) is 10.8. The third-order valence-corrected chi connectivity index (χ3v) is 4.72. The minimum atomic E-state index is 0.466. The van der Waals surface area contributed by atoms with Gasteiger partial charge in [-0.15, -0.1) is 0 Å². The first-order chi connectivity index (χ1) is 13.0. The zero-order chi connectivity index (χ0) is 19.4. The first kappa shape index (κ1) is 19.2. The number of nitrogens with one attached hydrogen (secondary N) is 1. The normalized spacial score (nSPS) is 11.3. The highest BCUT2D eigenvalue weighted by atomic mass is 127. The van der Waals surface area contributed by atoms with Gasteiger partial charge in [-0.2, -0.15) is 0 Å². The highest BCUT2D eigenvalue weighted by Crippen LogP contribution is 2.29.